The summed E-state index contributed by atoms with van der Waals surface area (Å²) >= 11 is 9.27. The van der Waals surface area contributed by atoms with Crippen molar-refractivity contribution in [3.8, 4) is 0 Å². The molecule has 18 heavy (non-hydrogen) atoms. The van der Waals surface area contributed by atoms with Crippen molar-refractivity contribution in [2.24, 2.45) is 0 Å². The number of anilines is 1. The quantitative estimate of drug-likeness (QED) is 0.869. The predicted molar refractivity (Wildman–Crippen MR) is 72.8 cm³/mol. The lowest BCUT2D eigenvalue weighted by molar-refractivity contribution is 0.392. The highest BCUT2D eigenvalue weighted by molar-refractivity contribution is 9.10. The monoisotopic (exact) mass is 330 g/mol. The van der Waals surface area contributed by atoms with Crippen molar-refractivity contribution < 1.29 is 4.52 Å². The second kappa shape index (κ2) is 5.24. The number of aromatic nitrogens is 3. The van der Waals surface area contributed by atoms with Crippen LogP contribution in [0.5, 0.6) is 0 Å². The molecular weight excluding hydrogens is 320 g/mol. The Hall–Kier alpha value is -1.14. The van der Waals surface area contributed by atoms with E-state index < -0.39 is 0 Å². The largest absolute Gasteiger partial charge is 0.362 e. The van der Waals surface area contributed by atoms with Gasteiger partial charge in [0.05, 0.1) is 16.2 Å². The van der Waals surface area contributed by atoms with Gasteiger partial charge in [0.2, 0.25) is 0 Å². The fourth-order valence-corrected chi connectivity index (χ4v) is 2.29. The van der Waals surface area contributed by atoms with Crippen LogP contribution in [0.1, 0.15) is 30.0 Å². The Bertz CT molecular complexity index is 553. The fourth-order valence-electron chi connectivity index (χ4n) is 1.83. The number of nitrogens with one attached hydrogen (secondary N) is 1. The number of rotatable bonds is 3. The van der Waals surface area contributed by atoms with Crippen molar-refractivity contribution in [3.05, 3.63) is 33.0 Å². The number of hydrogen-bond acceptors (Lipinski definition) is 5. The first-order chi connectivity index (χ1) is 8.50. The van der Waals surface area contributed by atoms with Crippen LogP contribution in [0.3, 0.4) is 0 Å². The number of halogens is 2. The van der Waals surface area contributed by atoms with Gasteiger partial charge in [0, 0.05) is 5.56 Å². The highest BCUT2D eigenvalue weighted by atomic mass is 79.9. The summed E-state index contributed by atoms with van der Waals surface area (Å²) < 4.78 is 5.79. The van der Waals surface area contributed by atoms with Gasteiger partial charge in [0.15, 0.2) is 0 Å². The Balaban J connectivity index is 2.27. The van der Waals surface area contributed by atoms with Gasteiger partial charge in [-0.15, -0.1) is 0 Å². The van der Waals surface area contributed by atoms with Crippen LogP contribution >= 0.6 is 27.5 Å². The van der Waals surface area contributed by atoms with Gasteiger partial charge in [-0.25, -0.2) is 9.97 Å². The van der Waals surface area contributed by atoms with Crippen molar-refractivity contribution >= 4 is 33.3 Å². The van der Waals surface area contributed by atoms with Crippen LogP contribution in [0.15, 0.2) is 15.3 Å². The topological polar surface area (TPSA) is 63.8 Å². The number of aryl methyl sites for hydroxylation is 2. The lowest BCUT2D eigenvalue weighted by Crippen LogP contribution is -2.10. The molecular formula is C11H12BrClN4O. The van der Waals surface area contributed by atoms with Crippen LogP contribution in [-0.4, -0.2) is 15.1 Å². The Morgan fingerprint density at radius 2 is 2.11 bits per heavy atom. The van der Waals surface area contributed by atoms with Gasteiger partial charge in [-0.05, 0) is 36.7 Å². The smallest absolute Gasteiger partial charge is 0.148 e. The van der Waals surface area contributed by atoms with Gasteiger partial charge in [0.1, 0.15) is 23.1 Å². The van der Waals surface area contributed by atoms with Crippen molar-refractivity contribution in [2.75, 3.05) is 5.32 Å². The molecule has 0 spiro atoms. The summed E-state index contributed by atoms with van der Waals surface area (Å²) in [6.45, 7) is 5.80. The lowest BCUT2D eigenvalue weighted by Gasteiger charge is -2.15. The zero-order chi connectivity index (χ0) is 13.3. The molecule has 2 heterocycles. The van der Waals surface area contributed by atoms with E-state index in [2.05, 4.69) is 36.4 Å². The van der Waals surface area contributed by atoms with E-state index in [9.17, 15) is 0 Å². The molecule has 0 saturated heterocycles. The highest BCUT2D eigenvalue weighted by Gasteiger charge is 2.18. The average Bonchev–Trinajstić information content (AvgIpc) is 2.65. The average molecular weight is 332 g/mol. The number of hydrogen-bond donors (Lipinski definition) is 1. The van der Waals surface area contributed by atoms with Crippen LogP contribution in [0.4, 0.5) is 5.82 Å². The third-order valence-corrected chi connectivity index (χ3v) is 3.89. The molecule has 0 aromatic carbocycles. The molecule has 0 aliphatic rings. The van der Waals surface area contributed by atoms with Gasteiger partial charge >= 0.3 is 0 Å². The normalized spacial score (nSPS) is 12.5. The van der Waals surface area contributed by atoms with E-state index in [0.29, 0.717) is 15.4 Å². The second-order valence-corrected chi connectivity index (χ2v) is 5.08. The third-order valence-electron chi connectivity index (χ3n) is 2.62. The molecule has 0 aliphatic carbocycles. The van der Waals surface area contributed by atoms with Crippen LogP contribution in [0.2, 0.25) is 5.15 Å². The zero-order valence-electron chi connectivity index (χ0n) is 10.2. The molecule has 2 aromatic rings. The summed E-state index contributed by atoms with van der Waals surface area (Å²) in [6.07, 6.45) is 1.41. The van der Waals surface area contributed by atoms with E-state index in [-0.39, 0.29) is 6.04 Å². The molecule has 5 nitrogen and oxygen atoms in total. The van der Waals surface area contributed by atoms with Crippen LogP contribution in [0.25, 0.3) is 0 Å². The molecule has 0 saturated carbocycles. The molecule has 0 amide bonds. The molecule has 0 aliphatic heterocycles. The lowest BCUT2D eigenvalue weighted by atomic mass is 10.1. The molecule has 1 unspecified atom stereocenters. The van der Waals surface area contributed by atoms with Gasteiger partial charge < -0.3 is 9.84 Å². The van der Waals surface area contributed by atoms with E-state index in [1.165, 1.54) is 6.33 Å². The fraction of sp³-hybridized carbons (Fsp3) is 0.364. The summed E-state index contributed by atoms with van der Waals surface area (Å²) in [6, 6.07) is 0.0125. The Morgan fingerprint density at radius 1 is 1.39 bits per heavy atom. The first-order valence-corrected chi connectivity index (χ1v) is 6.53. The van der Waals surface area contributed by atoms with E-state index in [4.69, 9.17) is 16.1 Å². The molecule has 0 fully saturated rings. The van der Waals surface area contributed by atoms with Crippen molar-refractivity contribution in [1.82, 2.24) is 15.1 Å². The minimum atomic E-state index is 0.0125. The highest BCUT2D eigenvalue weighted by Crippen LogP contribution is 2.30. The van der Waals surface area contributed by atoms with Crippen molar-refractivity contribution in [1.29, 1.82) is 0 Å². The summed E-state index contributed by atoms with van der Waals surface area (Å²) in [4.78, 5) is 8.02. The van der Waals surface area contributed by atoms with Crippen LogP contribution < -0.4 is 5.32 Å². The number of nitrogens with zero attached hydrogens (tertiary/aromatic N) is 3. The minimum absolute atomic E-state index is 0.0125. The first kappa shape index (κ1) is 13.3. The van der Waals surface area contributed by atoms with Gasteiger partial charge in [0.25, 0.3) is 0 Å². The maximum absolute atomic E-state index is 5.92. The first-order valence-electron chi connectivity index (χ1n) is 5.36. The van der Waals surface area contributed by atoms with Gasteiger partial charge in [-0.3, -0.25) is 0 Å². The van der Waals surface area contributed by atoms with Gasteiger partial charge in [-0.1, -0.05) is 16.8 Å². The maximum Gasteiger partial charge on any atom is 0.148 e. The molecule has 96 valence electrons. The maximum atomic E-state index is 5.92. The van der Waals surface area contributed by atoms with Gasteiger partial charge in [-0.2, -0.15) is 0 Å². The van der Waals surface area contributed by atoms with E-state index in [1.807, 2.05) is 20.8 Å². The predicted octanol–water partition coefficient (Wildman–Crippen LogP) is 3.67. The summed E-state index contributed by atoms with van der Waals surface area (Å²) in [7, 11) is 0. The van der Waals surface area contributed by atoms with Crippen LogP contribution in [0, 0.1) is 13.8 Å². The molecule has 2 rings (SSSR count). The Morgan fingerprint density at radius 3 is 2.72 bits per heavy atom. The molecule has 0 bridgehead atoms. The van der Waals surface area contributed by atoms with E-state index in [1.54, 1.807) is 0 Å². The minimum Gasteiger partial charge on any atom is -0.362 e. The van der Waals surface area contributed by atoms with Crippen LogP contribution in [-0.2, 0) is 0 Å². The van der Waals surface area contributed by atoms with E-state index >= 15 is 0 Å². The molecule has 0 radical (unpaired) electrons. The summed E-state index contributed by atoms with van der Waals surface area (Å²) in [5.74, 6) is 1.44. The van der Waals surface area contributed by atoms with Crippen molar-refractivity contribution in [2.45, 2.75) is 26.8 Å². The Kier molecular flexibility index (Phi) is 3.87. The molecule has 1 atom stereocenters. The standard InChI is InChI=1S/C11H12BrClN4O/c1-5(8-6(2)17-18-7(8)3)16-11-9(12)10(13)14-4-15-11/h4-5H,1-3H3,(H,14,15,16). The summed E-state index contributed by atoms with van der Waals surface area (Å²) in [5, 5.41) is 7.56. The molecule has 7 heteroatoms. The SMILES string of the molecule is Cc1noc(C)c1C(C)Nc1ncnc(Cl)c1Br. The molecule has 2 aromatic heterocycles. The van der Waals surface area contributed by atoms with Crippen molar-refractivity contribution in [3.63, 3.8) is 0 Å². The summed E-state index contributed by atoms with van der Waals surface area (Å²) in [5.41, 5.74) is 1.89. The Labute approximate surface area is 118 Å². The second-order valence-electron chi connectivity index (χ2n) is 3.93. The third kappa shape index (κ3) is 2.49. The molecule has 1 N–H and O–H groups in total. The van der Waals surface area contributed by atoms with E-state index in [0.717, 1.165) is 17.0 Å². The zero-order valence-corrected chi connectivity index (χ0v) is 12.5.